The molecule has 1 N–H and O–H groups in total. The SMILES string of the molecule is Cn1cccc1[C@H]1CCCN1C(=O)Nc1ccccn1. The molecule has 1 atom stereocenters. The van der Waals surface area contributed by atoms with Gasteiger partial charge >= 0.3 is 6.03 Å². The minimum absolute atomic E-state index is 0.0765. The monoisotopic (exact) mass is 270 g/mol. The van der Waals surface area contributed by atoms with Crippen molar-refractivity contribution in [3.8, 4) is 0 Å². The third-order valence-electron chi connectivity index (χ3n) is 3.74. The molecule has 104 valence electrons. The lowest BCUT2D eigenvalue weighted by Gasteiger charge is -2.25. The highest BCUT2D eigenvalue weighted by molar-refractivity contribution is 5.88. The van der Waals surface area contributed by atoms with Crippen molar-refractivity contribution in [2.24, 2.45) is 7.05 Å². The molecule has 1 saturated heterocycles. The summed E-state index contributed by atoms with van der Waals surface area (Å²) in [6.45, 7) is 0.786. The molecule has 2 aromatic heterocycles. The Morgan fingerprint density at radius 3 is 2.95 bits per heavy atom. The number of likely N-dealkylation sites (tertiary alicyclic amines) is 1. The summed E-state index contributed by atoms with van der Waals surface area (Å²) in [6.07, 6.45) is 5.73. The van der Waals surface area contributed by atoms with Gasteiger partial charge in [-0.2, -0.15) is 0 Å². The Hall–Kier alpha value is -2.30. The molecule has 5 heteroatoms. The van der Waals surface area contributed by atoms with E-state index in [4.69, 9.17) is 0 Å². The molecule has 0 aliphatic carbocycles. The lowest BCUT2D eigenvalue weighted by molar-refractivity contribution is 0.205. The molecule has 0 unspecified atom stereocenters. The van der Waals surface area contributed by atoms with Crippen LogP contribution in [-0.4, -0.2) is 27.0 Å². The summed E-state index contributed by atoms with van der Waals surface area (Å²) in [5.41, 5.74) is 1.18. The second kappa shape index (κ2) is 5.36. The molecular weight excluding hydrogens is 252 g/mol. The first-order valence-electron chi connectivity index (χ1n) is 6.85. The van der Waals surface area contributed by atoms with Crippen molar-refractivity contribution < 1.29 is 4.79 Å². The molecule has 0 saturated carbocycles. The van der Waals surface area contributed by atoms with Crippen LogP contribution in [-0.2, 0) is 7.05 Å². The summed E-state index contributed by atoms with van der Waals surface area (Å²) < 4.78 is 2.08. The lowest BCUT2D eigenvalue weighted by atomic mass is 10.1. The molecule has 2 amide bonds. The zero-order valence-corrected chi connectivity index (χ0v) is 11.5. The van der Waals surface area contributed by atoms with Gasteiger partial charge in [-0.3, -0.25) is 5.32 Å². The van der Waals surface area contributed by atoms with Crippen molar-refractivity contribution in [2.75, 3.05) is 11.9 Å². The first-order chi connectivity index (χ1) is 9.75. The third-order valence-corrected chi connectivity index (χ3v) is 3.74. The number of carbonyl (C=O) groups excluding carboxylic acids is 1. The van der Waals surface area contributed by atoms with E-state index in [1.165, 1.54) is 5.69 Å². The molecule has 1 aliphatic heterocycles. The molecule has 2 aromatic rings. The number of carbonyl (C=O) groups is 1. The van der Waals surface area contributed by atoms with Gasteiger partial charge in [0, 0.05) is 31.7 Å². The summed E-state index contributed by atoms with van der Waals surface area (Å²) in [5, 5.41) is 2.86. The number of urea groups is 1. The Kier molecular flexibility index (Phi) is 3.41. The van der Waals surface area contributed by atoms with Crippen molar-refractivity contribution in [3.63, 3.8) is 0 Å². The van der Waals surface area contributed by atoms with E-state index in [1.807, 2.05) is 36.3 Å². The van der Waals surface area contributed by atoms with Crippen LogP contribution in [0.15, 0.2) is 42.7 Å². The van der Waals surface area contributed by atoms with Crippen LogP contribution < -0.4 is 5.32 Å². The Morgan fingerprint density at radius 2 is 2.25 bits per heavy atom. The van der Waals surface area contributed by atoms with Gasteiger partial charge in [0.25, 0.3) is 0 Å². The van der Waals surface area contributed by atoms with Gasteiger partial charge in [-0.15, -0.1) is 0 Å². The molecule has 0 spiro atoms. The predicted octanol–water partition coefficient (Wildman–Crippen LogP) is 2.79. The normalized spacial score (nSPS) is 18.2. The smallest absolute Gasteiger partial charge is 0.323 e. The van der Waals surface area contributed by atoms with Crippen LogP contribution in [0.2, 0.25) is 0 Å². The number of pyridine rings is 1. The first-order valence-corrected chi connectivity index (χ1v) is 6.85. The molecule has 0 radical (unpaired) electrons. The molecule has 1 aliphatic rings. The van der Waals surface area contributed by atoms with Gasteiger partial charge < -0.3 is 9.47 Å². The molecular formula is C15H18N4O. The Bertz CT molecular complexity index is 593. The minimum atomic E-state index is -0.0765. The number of hydrogen-bond donors (Lipinski definition) is 1. The van der Waals surface area contributed by atoms with Gasteiger partial charge in [-0.25, -0.2) is 9.78 Å². The van der Waals surface area contributed by atoms with Gasteiger partial charge in [-0.1, -0.05) is 6.07 Å². The number of amides is 2. The van der Waals surface area contributed by atoms with E-state index in [-0.39, 0.29) is 12.1 Å². The minimum Gasteiger partial charge on any atom is -0.353 e. The van der Waals surface area contributed by atoms with Crippen LogP contribution in [0, 0.1) is 0 Å². The Morgan fingerprint density at radius 1 is 1.35 bits per heavy atom. The maximum atomic E-state index is 12.4. The van der Waals surface area contributed by atoms with E-state index in [2.05, 4.69) is 20.9 Å². The van der Waals surface area contributed by atoms with E-state index in [0.717, 1.165) is 19.4 Å². The molecule has 0 bridgehead atoms. The summed E-state index contributed by atoms with van der Waals surface area (Å²) >= 11 is 0. The van der Waals surface area contributed by atoms with Crippen LogP contribution in [0.3, 0.4) is 0 Å². The van der Waals surface area contributed by atoms with Crippen LogP contribution in [0.4, 0.5) is 10.6 Å². The first kappa shape index (κ1) is 12.7. The summed E-state index contributed by atoms with van der Waals surface area (Å²) in [4.78, 5) is 18.4. The number of nitrogens with one attached hydrogen (secondary N) is 1. The maximum absolute atomic E-state index is 12.4. The number of nitrogens with zero attached hydrogens (tertiary/aromatic N) is 3. The fourth-order valence-electron chi connectivity index (χ4n) is 2.76. The maximum Gasteiger partial charge on any atom is 0.323 e. The van der Waals surface area contributed by atoms with Crippen molar-refractivity contribution in [1.82, 2.24) is 14.5 Å². The number of anilines is 1. The van der Waals surface area contributed by atoms with E-state index in [1.54, 1.807) is 12.3 Å². The Labute approximate surface area is 118 Å². The van der Waals surface area contributed by atoms with Crippen LogP contribution in [0.5, 0.6) is 0 Å². The quantitative estimate of drug-likeness (QED) is 0.912. The van der Waals surface area contributed by atoms with Crippen LogP contribution >= 0.6 is 0 Å². The van der Waals surface area contributed by atoms with Crippen molar-refractivity contribution in [2.45, 2.75) is 18.9 Å². The zero-order valence-electron chi connectivity index (χ0n) is 11.5. The molecule has 1 fully saturated rings. The molecule has 20 heavy (non-hydrogen) atoms. The third kappa shape index (κ3) is 2.39. The zero-order chi connectivity index (χ0) is 13.9. The fraction of sp³-hybridized carbons (Fsp3) is 0.333. The Balaban J connectivity index is 1.76. The second-order valence-electron chi connectivity index (χ2n) is 5.04. The van der Waals surface area contributed by atoms with Crippen molar-refractivity contribution >= 4 is 11.8 Å². The predicted molar refractivity (Wildman–Crippen MR) is 77.3 cm³/mol. The highest BCUT2D eigenvalue weighted by Gasteiger charge is 2.31. The second-order valence-corrected chi connectivity index (χ2v) is 5.04. The highest BCUT2D eigenvalue weighted by atomic mass is 16.2. The number of aryl methyl sites for hydroxylation is 1. The van der Waals surface area contributed by atoms with Gasteiger partial charge in [0.1, 0.15) is 5.82 Å². The van der Waals surface area contributed by atoms with E-state index in [9.17, 15) is 4.79 Å². The van der Waals surface area contributed by atoms with Crippen LogP contribution in [0.1, 0.15) is 24.6 Å². The largest absolute Gasteiger partial charge is 0.353 e. The lowest BCUT2D eigenvalue weighted by Crippen LogP contribution is -2.35. The summed E-state index contributed by atoms with van der Waals surface area (Å²) in [6, 6.07) is 9.66. The number of hydrogen-bond acceptors (Lipinski definition) is 2. The molecule has 3 rings (SSSR count). The van der Waals surface area contributed by atoms with Crippen molar-refractivity contribution in [3.05, 3.63) is 48.4 Å². The van der Waals surface area contributed by atoms with Crippen molar-refractivity contribution in [1.29, 1.82) is 0 Å². The average molecular weight is 270 g/mol. The van der Waals surface area contributed by atoms with E-state index >= 15 is 0 Å². The number of rotatable bonds is 2. The fourth-order valence-corrected chi connectivity index (χ4v) is 2.76. The summed E-state index contributed by atoms with van der Waals surface area (Å²) in [5.74, 6) is 0.593. The topological polar surface area (TPSA) is 50.2 Å². The van der Waals surface area contributed by atoms with E-state index in [0.29, 0.717) is 5.82 Å². The van der Waals surface area contributed by atoms with Crippen LogP contribution in [0.25, 0.3) is 0 Å². The molecule has 3 heterocycles. The van der Waals surface area contributed by atoms with Gasteiger partial charge in [-0.05, 0) is 37.1 Å². The van der Waals surface area contributed by atoms with Gasteiger partial charge in [0.2, 0.25) is 0 Å². The molecule has 0 aromatic carbocycles. The molecule has 5 nitrogen and oxygen atoms in total. The highest BCUT2D eigenvalue weighted by Crippen LogP contribution is 2.32. The van der Waals surface area contributed by atoms with Gasteiger partial charge in [0.15, 0.2) is 0 Å². The average Bonchev–Trinajstić information content (AvgIpc) is 3.07. The summed E-state index contributed by atoms with van der Waals surface area (Å²) in [7, 11) is 2.02. The number of aromatic nitrogens is 2. The van der Waals surface area contributed by atoms with E-state index < -0.39 is 0 Å². The van der Waals surface area contributed by atoms with Gasteiger partial charge in [0.05, 0.1) is 6.04 Å². The standard InChI is InChI=1S/C15H18N4O/c1-18-10-4-6-12(18)13-7-5-11-19(13)15(20)17-14-8-2-3-9-16-14/h2-4,6,8-10,13H,5,7,11H2,1H3,(H,16,17,20)/t13-/m1/s1.